The zero-order chi connectivity index (χ0) is 16.2. The van der Waals surface area contributed by atoms with Crippen LogP contribution in [0, 0.1) is 11.6 Å². The Labute approximate surface area is 126 Å². The van der Waals surface area contributed by atoms with E-state index < -0.39 is 23.1 Å². The molecule has 0 unspecified atom stereocenters. The van der Waals surface area contributed by atoms with E-state index in [0.717, 1.165) is 6.07 Å². The molecule has 2 N–H and O–H groups in total. The molecule has 4 nitrogen and oxygen atoms in total. The highest BCUT2D eigenvalue weighted by Gasteiger charge is 2.31. The Bertz CT molecular complexity index is 657. The molecular formula is C16H15F2NO3. The van der Waals surface area contributed by atoms with Crippen molar-refractivity contribution in [2.24, 2.45) is 0 Å². The highest BCUT2D eigenvalue weighted by molar-refractivity contribution is 5.96. The van der Waals surface area contributed by atoms with E-state index in [2.05, 4.69) is 5.32 Å². The summed E-state index contributed by atoms with van der Waals surface area (Å²) in [5.74, 6) is -1.33. The third-order valence-corrected chi connectivity index (χ3v) is 2.91. The van der Waals surface area contributed by atoms with E-state index in [1.165, 1.54) is 49.4 Å². The lowest BCUT2D eigenvalue weighted by Gasteiger charge is -2.22. The van der Waals surface area contributed by atoms with E-state index >= 15 is 0 Å². The SMILES string of the molecule is C[C@](O)(COc1ccc(F)cc1)C(=O)Nc1cccc(F)c1. The van der Waals surface area contributed by atoms with Crippen LogP contribution in [0.15, 0.2) is 48.5 Å². The van der Waals surface area contributed by atoms with E-state index in [9.17, 15) is 18.7 Å². The highest BCUT2D eigenvalue weighted by Crippen LogP contribution is 2.16. The number of aliphatic hydroxyl groups is 1. The molecule has 0 aliphatic carbocycles. The zero-order valence-corrected chi connectivity index (χ0v) is 11.8. The van der Waals surface area contributed by atoms with Gasteiger partial charge in [0.05, 0.1) is 0 Å². The van der Waals surface area contributed by atoms with E-state index in [4.69, 9.17) is 4.74 Å². The molecule has 0 fully saturated rings. The lowest BCUT2D eigenvalue weighted by Crippen LogP contribution is -2.45. The summed E-state index contributed by atoms with van der Waals surface area (Å²) in [7, 11) is 0. The van der Waals surface area contributed by atoms with Crippen molar-refractivity contribution in [2.75, 3.05) is 11.9 Å². The van der Waals surface area contributed by atoms with Gasteiger partial charge in [-0.3, -0.25) is 4.79 Å². The van der Waals surface area contributed by atoms with Gasteiger partial charge < -0.3 is 15.2 Å². The Morgan fingerprint density at radius 3 is 2.50 bits per heavy atom. The minimum Gasteiger partial charge on any atom is -0.490 e. The second kappa shape index (κ2) is 6.53. The molecule has 1 atom stereocenters. The number of ether oxygens (including phenoxy) is 1. The van der Waals surface area contributed by atoms with Gasteiger partial charge in [-0.05, 0) is 49.4 Å². The second-order valence-electron chi connectivity index (χ2n) is 4.98. The molecule has 2 aromatic carbocycles. The molecule has 2 aromatic rings. The van der Waals surface area contributed by atoms with Crippen LogP contribution >= 0.6 is 0 Å². The van der Waals surface area contributed by atoms with Gasteiger partial charge in [-0.2, -0.15) is 0 Å². The third-order valence-electron chi connectivity index (χ3n) is 2.91. The molecular weight excluding hydrogens is 292 g/mol. The average molecular weight is 307 g/mol. The van der Waals surface area contributed by atoms with Crippen LogP contribution in [0.1, 0.15) is 6.92 Å². The normalized spacial score (nSPS) is 13.3. The van der Waals surface area contributed by atoms with E-state index in [0.29, 0.717) is 5.75 Å². The van der Waals surface area contributed by atoms with Gasteiger partial charge in [0.2, 0.25) is 0 Å². The van der Waals surface area contributed by atoms with Gasteiger partial charge >= 0.3 is 0 Å². The number of hydrogen-bond donors (Lipinski definition) is 2. The van der Waals surface area contributed by atoms with Crippen molar-refractivity contribution >= 4 is 11.6 Å². The first-order chi connectivity index (χ1) is 10.4. The number of amides is 1. The molecule has 0 radical (unpaired) electrons. The molecule has 6 heteroatoms. The monoisotopic (exact) mass is 307 g/mol. The first-order valence-electron chi connectivity index (χ1n) is 6.54. The van der Waals surface area contributed by atoms with Gasteiger partial charge in [0.15, 0.2) is 5.60 Å². The molecule has 0 saturated carbocycles. The summed E-state index contributed by atoms with van der Waals surface area (Å²) in [5.41, 5.74) is -1.60. The van der Waals surface area contributed by atoms with Crippen LogP contribution in [0.3, 0.4) is 0 Å². The molecule has 0 aliphatic rings. The van der Waals surface area contributed by atoms with Crippen molar-refractivity contribution in [2.45, 2.75) is 12.5 Å². The number of carbonyl (C=O) groups is 1. The number of carbonyl (C=O) groups excluding carboxylic acids is 1. The molecule has 1 amide bonds. The smallest absolute Gasteiger partial charge is 0.259 e. The standard InChI is InChI=1S/C16H15F2NO3/c1-16(21,10-22-14-7-5-11(17)6-8-14)15(20)19-13-4-2-3-12(18)9-13/h2-9,21H,10H2,1H3,(H,19,20)/t16-/m0/s1. The number of halogens is 2. The summed E-state index contributed by atoms with van der Waals surface area (Å²) in [4.78, 5) is 12.0. The van der Waals surface area contributed by atoms with Crippen LogP contribution in [0.5, 0.6) is 5.75 Å². The van der Waals surface area contributed by atoms with Crippen molar-refractivity contribution in [3.63, 3.8) is 0 Å². The summed E-state index contributed by atoms with van der Waals surface area (Å²) in [5, 5.41) is 12.5. The maximum absolute atomic E-state index is 13.0. The lowest BCUT2D eigenvalue weighted by atomic mass is 10.1. The third kappa shape index (κ3) is 4.26. The molecule has 0 heterocycles. The molecule has 0 aromatic heterocycles. The Morgan fingerprint density at radius 2 is 1.86 bits per heavy atom. The van der Waals surface area contributed by atoms with Crippen molar-refractivity contribution in [3.8, 4) is 5.75 Å². The Kier molecular flexibility index (Phi) is 4.72. The predicted molar refractivity (Wildman–Crippen MR) is 77.5 cm³/mol. The fourth-order valence-electron chi connectivity index (χ4n) is 1.65. The molecule has 22 heavy (non-hydrogen) atoms. The maximum atomic E-state index is 13.0. The summed E-state index contributed by atoms with van der Waals surface area (Å²) in [6, 6.07) is 10.5. The van der Waals surface area contributed by atoms with Gasteiger partial charge in [0.1, 0.15) is 24.0 Å². The van der Waals surface area contributed by atoms with E-state index in [1.807, 2.05) is 0 Å². The number of benzene rings is 2. The van der Waals surface area contributed by atoms with Crippen molar-refractivity contribution in [1.29, 1.82) is 0 Å². The van der Waals surface area contributed by atoms with Crippen LogP contribution in [0.2, 0.25) is 0 Å². The summed E-state index contributed by atoms with van der Waals surface area (Å²) in [6.45, 7) is 0.935. The topological polar surface area (TPSA) is 58.6 Å². The van der Waals surface area contributed by atoms with Crippen LogP contribution < -0.4 is 10.1 Å². The van der Waals surface area contributed by atoms with Gasteiger partial charge in [0.25, 0.3) is 5.91 Å². The van der Waals surface area contributed by atoms with E-state index in [-0.39, 0.29) is 12.3 Å². The number of anilines is 1. The zero-order valence-electron chi connectivity index (χ0n) is 11.8. The predicted octanol–water partition coefficient (Wildman–Crippen LogP) is 2.73. The summed E-state index contributed by atoms with van der Waals surface area (Å²) < 4.78 is 31.1. The molecule has 0 spiro atoms. The van der Waals surface area contributed by atoms with Gasteiger partial charge in [0, 0.05) is 5.69 Å². The Balaban J connectivity index is 1.96. The quantitative estimate of drug-likeness (QED) is 0.893. The lowest BCUT2D eigenvalue weighted by molar-refractivity contribution is -0.135. The summed E-state index contributed by atoms with van der Waals surface area (Å²) in [6.07, 6.45) is 0. The van der Waals surface area contributed by atoms with Crippen molar-refractivity contribution in [3.05, 3.63) is 60.2 Å². The number of nitrogens with one attached hydrogen (secondary N) is 1. The van der Waals surface area contributed by atoms with Gasteiger partial charge in [-0.1, -0.05) is 6.07 Å². The molecule has 116 valence electrons. The maximum Gasteiger partial charge on any atom is 0.259 e. The average Bonchev–Trinajstić information content (AvgIpc) is 2.47. The van der Waals surface area contributed by atoms with Crippen LogP contribution in [-0.2, 0) is 4.79 Å². The number of rotatable bonds is 5. The van der Waals surface area contributed by atoms with Gasteiger partial charge in [-0.15, -0.1) is 0 Å². The first-order valence-corrected chi connectivity index (χ1v) is 6.54. The van der Waals surface area contributed by atoms with Crippen LogP contribution in [0.4, 0.5) is 14.5 Å². The fraction of sp³-hybridized carbons (Fsp3) is 0.188. The first kappa shape index (κ1) is 15.9. The largest absolute Gasteiger partial charge is 0.490 e. The minimum absolute atomic E-state index is 0.229. The van der Waals surface area contributed by atoms with E-state index in [1.54, 1.807) is 0 Å². The Morgan fingerprint density at radius 1 is 1.18 bits per heavy atom. The fourth-order valence-corrected chi connectivity index (χ4v) is 1.65. The Hall–Kier alpha value is -2.47. The molecule has 0 saturated heterocycles. The van der Waals surface area contributed by atoms with Gasteiger partial charge in [-0.25, -0.2) is 8.78 Å². The summed E-state index contributed by atoms with van der Waals surface area (Å²) >= 11 is 0. The molecule has 0 aliphatic heterocycles. The van der Waals surface area contributed by atoms with Crippen LogP contribution in [-0.4, -0.2) is 23.2 Å². The molecule has 2 rings (SSSR count). The molecule has 0 bridgehead atoms. The second-order valence-corrected chi connectivity index (χ2v) is 4.98. The highest BCUT2D eigenvalue weighted by atomic mass is 19.1. The van der Waals surface area contributed by atoms with Crippen LogP contribution in [0.25, 0.3) is 0 Å². The number of hydrogen-bond acceptors (Lipinski definition) is 3. The van der Waals surface area contributed by atoms with Crippen molar-refractivity contribution in [1.82, 2.24) is 0 Å². The van der Waals surface area contributed by atoms with Crippen molar-refractivity contribution < 1.29 is 23.4 Å². The minimum atomic E-state index is -1.83.